The summed E-state index contributed by atoms with van der Waals surface area (Å²) >= 11 is 0. The van der Waals surface area contributed by atoms with Crippen LogP contribution in [-0.2, 0) is 0 Å². The molecule has 6 nitrogen and oxygen atoms in total. The molecule has 10 aromatic rings. The van der Waals surface area contributed by atoms with Crippen molar-refractivity contribution in [3.8, 4) is 33.9 Å². The van der Waals surface area contributed by atoms with Gasteiger partial charge in [0.25, 0.3) is 0 Å². The fourth-order valence-corrected chi connectivity index (χ4v) is 7.59. The van der Waals surface area contributed by atoms with Gasteiger partial charge >= 0.3 is 0 Å². The van der Waals surface area contributed by atoms with E-state index in [1.54, 1.807) is 19.4 Å². The van der Waals surface area contributed by atoms with Gasteiger partial charge in [0.2, 0.25) is 0 Å². The smallest absolute Gasteiger partial charge is 0.159 e. The number of anilines is 3. The first-order valence-corrected chi connectivity index (χ1v) is 18.6. The summed E-state index contributed by atoms with van der Waals surface area (Å²) < 4.78 is 4.74. The predicted octanol–water partition coefficient (Wildman–Crippen LogP) is 12.6. The lowest BCUT2D eigenvalue weighted by atomic mass is 10.0. The molecule has 56 heavy (non-hydrogen) atoms. The summed E-state index contributed by atoms with van der Waals surface area (Å²) in [7, 11) is 1.64. The van der Waals surface area contributed by atoms with Crippen LogP contribution in [0.5, 0.6) is 0 Å². The largest absolute Gasteiger partial charge is 0.315 e. The highest BCUT2D eigenvalue weighted by Crippen LogP contribution is 2.42. The second-order valence-electron chi connectivity index (χ2n) is 13.5. The summed E-state index contributed by atoms with van der Waals surface area (Å²) in [6, 6.07) is 64.6. The van der Waals surface area contributed by atoms with Crippen molar-refractivity contribution in [1.82, 2.24) is 19.1 Å². The van der Waals surface area contributed by atoms with E-state index in [1.807, 2.05) is 6.07 Å². The summed E-state index contributed by atoms with van der Waals surface area (Å²) in [6.45, 7) is 3.11. The molecule has 0 aliphatic heterocycles. The third-order valence-electron chi connectivity index (χ3n) is 10.1. The highest BCUT2D eigenvalue weighted by Gasteiger charge is 2.21. The van der Waals surface area contributed by atoms with Crippen molar-refractivity contribution >= 4 is 56.5 Å². The zero-order chi connectivity index (χ0) is 37.8. The molecule has 0 bridgehead atoms. The predicted molar refractivity (Wildman–Crippen MR) is 234 cm³/mol. The molecular formula is C50H38N6. The average Bonchev–Trinajstić information content (AvgIpc) is 3.85. The van der Waals surface area contributed by atoms with E-state index >= 15 is 0 Å². The number of rotatable bonds is 7. The maximum Gasteiger partial charge on any atom is 0.159 e. The molecule has 0 radical (unpaired) electrons. The van der Waals surface area contributed by atoms with E-state index in [-0.39, 0.29) is 0 Å². The topological polar surface area (TPSA) is 51.2 Å². The number of hydrogen-bond donors (Lipinski definition) is 0. The maximum atomic E-state index is 4.48. The third-order valence-corrected chi connectivity index (χ3v) is 10.1. The molecule has 0 atom stereocenters. The Morgan fingerprint density at radius 2 is 1.05 bits per heavy atom. The zero-order valence-corrected chi connectivity index (χ0v) is 30.9. The number of fused-ring (bicyclic) bond motifs is 5. The molecule has 3 heterocycles. The molecule has 0 unspecified atom stereocenters. The van der Waals surface area contributed by atoms with Crippen LogP contribution in [0.1, 0.15) is 0 Å². The van der Waals surface area contributed by atoms with Crippen LogP contribution in [0.2, 0.25) is 0 Å². The number of hydrogen-bond acceptors (Lipinski definition) is 4. The molecule has 0 aliphatic carbocycles. The molecule has 268 valence electrons. The Labute approximate surface area is 325 Å². The second-order valence-corrected chi connectivity index (χ2v) is 13.5. The molecule has 0 fully saturated rings. The Kier molecular flexibility index (Phi) is 9.19. The minimum Gasteiger partial charge on any atom is -0.315 e. The van der Waals surface area contributed by atoms with Crippen LogP contribution in [0, 0.1) is 0 Å². The first-order valence-electron chi connectivity index (χ1n) is 18.6. The standard InChI is InChI=1S/C48H33N5.C2H5N/c1-4-11-34(12-5-1)35-17-22-40(23-18-35)52(41-24-19-37(20-25-41)48-49-30-10-31-50-48)42-26-28-45-44(33-42)43-27-21-36-29-32-51(38-13-6-2-7-14-38)46(36)47(43)53(45)39-15-8-3-9-16-39;1-3-2/h1-33H;1H2,2H3. The van der Waals surface area contributed by atoms with Crippen molar-refractivity contribution in [2.75, 3.05) is 11.9 Å². The van der Waals surface area contributed by atoms with Crippen molar-refractivity contribution in [2.24, 2.45) is 4.99 Å². The summed E-state index contributed by atoms with van der Waals surface area (Å²) in [5.74, 6) is 0.708. The van der Waals surface area contributed by atoms with Crippen LogP contribution in [0.15, 0.2) is 206 Å². The molecule has 3 aromatic heterocycles. The van der Waals surface area contributed by atoms with Gasteiger partial charge in [0.1, 0.15) is 0 Å². The molecule has 0 saturated heterocycles. The van der Waals surface area contributed by atoms with Crippen molar-refractivity contribution in [1.29, 1.82) is 0 Å². The van der Waals surface area contributed by atoms with Gasteiger partial charge in [-0.15, -0.1) is 0 Å². The zero-order valence-electron chi connectivity index (χ0n) is 30.9. The van der Waals surface area contributed by atoms with E-state index in [4.69, 9.17) is 0 Å². The molecule has 0 saturated carbocycles. The van der Waals surface area contributed by atoms with E-state index < -0.39 is 0 Å². The fraction of sp³-hybridized carbons (Fsp3) is 0.0200. The minimum absolute atomic E-state index is 0.708. The summed E-state index contributed by atoms with van der Waals surface area (Å²) in [5, 5.41) is 3.58. The Bertz CT molecular complexity index is 2820. The molecule has 0 N–H and O–H groups in total. The first-order chi connectivity index (χ1) is 27.7. The van der Waals surface area contributed by atoms with Gasteiger partial charge in [0.05, 0.1) is 16.6 Å². The summed E-state index contributed by atoms with van der Waals surface area (Å²) in [4.78, 5) is 14.6. The van der Waals surface area contributed by atoms with E-state index in [0.717, 1.165) is 39.5 Å². The van der Waals surface area contributed by atoms with Crippen LogP contribution >= 0.6 is 0 Å². The Balaban J connectivity index is 0.00000133. The van der Waals surface area contributed by atoms with Crippen LogP contribution in [0.25, 0.3) is 66.6 Å². The monoisotopic (exact) mass is 722 g/mol. The number of benzene rings is 7. The van der Waals surface area contributed by atoms with Crippen molar-refractivity contribution in [2.45, 2.75) is 0 Å². The lowest BCUT2D eigenvalue weighted by molar-refractivity contribution is 1.12. The van der Waals surface area contributed by atoms with Gasteiger partial charge in [-0.05, 0) is 109 Å². The van der Waals surface area contributed by atoms with Crippen molar-refractivity contribution in [3.63, 3.8) is 0 Å². The normalized spacial score (nSPS) is 11.0. The number of nitrogens with zero attached hydrogens (tertiary/aromatic N) is 6. The van der Waals surface area contributed by atoms with Crippen LogP contribution in [0.3, 0.4) is 0 Å². The number of para-hydroxylation sites is 2. The van der Waals surface area contributed by atoms with Gasteiger partial charge in [-0.1, -0.05) is 91.0 Å². The third kappa shape index (κ3) is 6.29. The number of aliphatic imine (C=N–C) groups is 1. The van der Waals surface area contributed by atoms with Crippen LogP contribution in [0.4, 0.5) is 17.1 Å². The van der Waals surface area contributed by atoms with Crippen LogP contribution in [-0.4, -0.2) is 32.9 Å². The minimum atomic E-state index is 0.708. The summed E-state index contributed by atoms with van der Waals surface area (Å²) in [5.41, 5.74) is 12.3. The fourth-order valence-electron chi connectivity index (χ4n) is 7.59. The highest BCUT2D eigenvalue weighted by molar-refractivity contribution is 6.19. The SMILES string of the molecule is C=NC.c1ccc(-c2ccc(N(c3ccc(-c4ncccn4)cc3)c3ccc4c(c3)c3ccc5ccn(-c6ccccc6)c5c3n4-c3ccccc3)cc2)cc1. The van der Waals surface area contributed by atoms with Gasteiger partial charge in [0, 0.05) is 75.8 Å². The van der Waals surface area contributed by atoms with Gasteiger partial charge in [0.15, 0.2) is 5.82 Å². The Morgan fingerprint density at radius 1 is 0.500 bits per heavy atom. The molecule has 6 heteroatoms. The van der Waals surface area contributed by atoms with Gasteiger partial charge in [-0.25, -0.2) is 9.97 Å². The molecule has 7 aromatic carbocycles. The maximum absolute atomic E-state index is 4.48. The van der Waals surface area contributed by atoms with E-state index in [1.165, 1.54) is 38.3 Å². The van der Waals surface area contributed by atoms with E-state index in [0.29, 0.717) is 5.82 Å². The van der Waals surface area contributed by atoms with Gasteiger partial charge in [-0.3, -0.25) is 0 Å². The second kappa shape index (κ2) is 15.0. The average molecular weight is 723 g/mol. The van der Waals surface area contributed by atoms with E-state index in [2.05, 4.69) is 218 Å². The molecule has 0 amide bonds. The Morgan fingerprint density at radius 3 is 1.70 bits per heavy atom. The molecule has 0 spiro atoms. The van der Waals surface area contributed by atoms with Crippen molar-refractivity contribution in [3.05, 3.63) is 201 Å². The molecular weight excluding hydrogens is 685 g/mol. The van der Waals surface area contributed by atoms with Crippen LogP contribution < -0.4 is 4.90 Å². The first kappa shape index (κ1) is 34.2. The van der Waals surface area contributed by atoms with Crippen molar-refractivity contribution < 1.29 is 0 Å². The van der Waals surface area contributed by atoms with Gasteiger partial charge in [-0.2, -0.15) is 0 Å². The lowest BCUT2D eigenvalue weighted by Crippen LogP contribution is -2.10. The summed E-state index contributed by atoms with van der Waals surface area (Å²) in [6.07, 6.45) is 5.74. The Hall–Kier alpha value is -7.57. The quantitative estimate of drug-likeness (QED) is 0.154. The molecule has 10 rings (SSSR count). The lowest BCUT2D eigenvalue weighted by Gasteiger charge is -2.26. The number of aromatic nitrogens is 4. The van der Waals surface area contributed by atoms with Gasteiger partial charge < -0.3 is 19.0 Å². The van der Waals surface area contributed by atoms with E-state index in [9.17, 15) is 0 Å². The molecule has 0 aliphatic rings. The highest BCUT2D eigenvalue weighted by atomic mass is 15.1.